The Labute approximate surface area is 218 Å². The Morgan fingerprint density at radius 2 is 1.78 bits per heavy atom. The molecule has 0 bridgehead atoms. The molecule has 2 aliphatic heterocycles. The monoisotopic (exact) mass is 503 g/mol. The molecule has 194 valence electrons. The average Bonchev–Trinajstić information content (AvgIpc) is 3.34. The molecule has 7 heteroatoms. The van der Waals surface area contributed by atoms with Crippen molar-refractivity contribution in [1.29, 1.82) is 0 Å². The minimum atomic E-state index is -0.833. The second-order valence-electron chi connectivity index (χ2n) is 9.95. The van der Waals surface area contributed by atoms with Crippen molar-refractivity contribution >= 4 is 11.3 Å². The molecule has 5 rings (SSSR count). The van der Waals surface area contributed by atoms with Crippen LogP contribution < -0.4 is 10.2 Å². The van der Waals surface area contributed by atoms with Crippen LogP contribution in [0.25, 0.3) is 16.7 Å². The topological polar surface area (TPSA) is 34.6 Å². The SMILES string of the molecule is C=C(/C=C(\C=C/C)C1=CCc2ncc(-c3cc(F)c(F)c(N4CCNCC4)c3)cc21)N1CCN(C)CC1. The van der Waals surface area contributed by atoms with Crippen molar-refractivity contribution in [3.8, 4) is 11.1 Å². The molecule has 5 nitrogen and oxygen atoms in total. The summed E-state index contributed by atoms with van der Waals surface area (Å²) >= 11 is 0. The van der Waals surface area contributed by atoms with Gasteiger partial charge >= 0.3 is 0 Å². The molecule has 0 spiro atoms. The molecule has 37 heavy (non-hydrogen) atoms. The van der Waals surface area contributed by atoms with E-state index in [2.05, 4.69) is 53.0 Å². The van der Waals surface area contributed by atoms with Gasteiger partial charge in [-0.05, 0) is 55.0 Å². The van der Waals surface area contributed by atoms with Crippen molar-refractivity contribution in [2.75, 3.05) is 64.3 Å². The normalized spacial score (nSPS) is 18.9. The first-order valence-electron chi connectivity index (χ1n) is 13.1. The van der Waals surface area contributed by atoms with Crippen molar-refractivity contribution in [2.45, 2.75) is 13.3 Å². The first-order chi connectivity index (χ1) is 17.9. The number of anilines is 1. The van der Waals surface area contributed by atoms with Gasteiger partial charge in [-0.1, -0.05) is 24.8 Å². The van der Waals surface area contributed by atoms with Crippen molar-refractivity contribution in [1.82, 2.24) is 20.1 Å². The van der Waals surface area contributed by atoms with Crippen LogP contribution in [0.5, 0.6) is 0 Å². The van der Waals surface area contributed by atoms with Crippen molar-refractivity contribution < 1.29 is 8.78 Å². The molecule has 1 aliphatic carbocycles. The van der Waals surface area contributed by atoms with Crippen LogP contribution in [0.15, 0.2) is 66.5 Å². The number of fused-ring (bicyclic) bond motifs is 1. The summed E-state index contributed by atoms with van der Waals surface area (Å²) in [4.78, 5) is 11.3. The molecular formula is C30H35F2N5. The Kier molecular flexibility index (Phi) is 7.53. The van der Waals surface area contributed by atoms with Crippen LogP contribution in [-0.4, -0.2) is 74.2 Å². The van der Waals surface area contributed by atoms with E-state index < -0.39 is 11.6 Å². The third-order valence-corrected chi connectivity index (χ3v) is 7.45. The molecule has 0 atom stereocenters. The van der Waals surface area contributed by atoms with E-state index in [9.17, 15) is 8.78 Å². The second-order valence-corrected chi connectivity index (χ2v) is 9.95. The summed E-state index contributed by atoms with van der Waals surface area (Å²) < 4.78 is 29.5. The zero-order chi connectivity index (χ0) is 25.9. The molecule has 0 saturated carbocycles. The van der Waals surface area contributed by atoms with Gasteiger partial charge in [-0.25, -0.2) is 8.78 Å². The van der Waals surface area contributed by atoms with Crippen LogP contribution in [0.2, 0.25) is 0 Å². The van der Waals surface area contributed by atoms with Gasteiger partial charge in [-0.15, -0.1) is 0 Å². The Morgan fingerprint density at radius 1 is 1.03 bits per heavy atom. The lowest BCUT2D eigenvalue weighted by molar-refractivity contribution is 0.190. The molecule has 1 aromatic carbocycles. The van der Waals surface area contributed by atoms with Gasteiger partial charge in [0.1, 0.15) is 0 Å². The largest absolute Gasteiger partial charge is 0.369 e. The number of nitrogens with one attached hydrogen (secondary N) is 1. The Bertz CT molecular complexity index is 1260. The van der Waals surface area contributed by atoms with Crippen LogP contribution in [0.1, 0.15) is 18.2 Å². The predicted octanol–water partition coefficient (Wildman–Crippen LogP) is 4.64. The number of likely N-dealkylation sites (N-methyl/N-ethyl adjacent to an activating group) is 1. The minimum absolute atomic E-state index is 0.311. The van der Waals surface area contributed by atoms with Gasteiger partial charge in [-0.3, -0.25) is 4.98 Å². The fourth-order valence-corrected chi connectivity index (χ4v) is 5.27. The maximum atomic E-state index is 14.8. The van der Waals surface area contributed by atoms with E-state index in [0.717, 1.165) is 79.4 Å². The number of aromatic nitrogens is 1. The van der Waals surface area contributed by atoms with E-state index in [1.165, 1.54) is 6.07 Å². The number of nitrogens with zero attached hydrogens (tertiary/aromatic N) is 4. The van der Waals surface area contributed by atoms with E-state index in [0.29, 0.717) is 24.3 Å². The summed E-state index contributed by atoms with van der Waals surface area (Å²) in [6.45, 7) is 13.1. The first-order valence-corrected chi connectivity index (χ1v) is 13.1. The van der Waals surface area contributed by atoms with E-state index in [1.54, 1.807) is 12.3 Å². The molecule has 0 amide bonds. The van der Waals surface area contributed by atoms with Crippen LogP contribution in [0, 0.1) is 11.6 Å². The summed E-state index contributed by atoms with van der Waals surface area (Å²) in [5.41, 5.74) is 6.92. The molecule has 2 saturated heterocycles. The van der Waals surface area contributed by atoms with Crippen LogP contribution in [0.4, 0.5) is 14.5 Å². The third-order valence-electron chi connectivity index (χ3n) is 7.45. The van der Waals surface area contributed by atoms with Crippen molar-refractivity contribution in [3.05, 3.63) is 89.4 Å². The highest BCUT2D eigenvalue weighted by atomic mass is 19.2. The second kappa shape index (κ2) is 11.0. The molecule has 1 aromatic heterocycles. The Hall–Kier alpha value is -3.29. The van der Waals surface area contributed by atoms with Gasteiger partial charge < -0.3 is 20.0 Å². The molecule has 3 aliphatic rings. The fraction of sp³-hybridized carbons (Fsp3) is 0.367. The summed E-state index contributed by atoms with van der Waals surface area (Å²) in [5, 5.41) is 3.26. The number of piperazine rings is 2. The van der Waals surface area contributed by atoms with Gasteiger partial charge in [0, 0.05) is 81.8 Å². The molecule has 2 fully saturated rings. The lowest BCUT2D eigenvalue weighted by Gasteiger charge is -2.34. The van der Waals surface area contributed by atoms with E-state index in [4.69, 9.17) is 4.98 Å². The Balaban J connectivity index is 1.47. The van der Waals surface area contributed by atoms with Gasteiger partial charge in [0.15, 0.2) is 11.6 Å². The van der Waals surface area contributed by atoms with Crippen LogP contribution in [0.3, 0.4) is 0 Å². The lowest BCUT2D eigenvalue weighted by atomic mass is 9.96. The predicted molar refractivity (Wildman–Crippen MR) is 147 cm³/mol. The number of hydrogen-bond acceptors (Lipinski definition) is 5. The summed E-state index contributed by atoms with van der Waals surface area (Å²) in [7, 11) is 2.14. The first kappa shape index (κ1) is 25.4. The average molecular weight is 504 g/mol. The molecular weight excluding hydrogens is 468 g/mol. The Morgan fingerprint density at radius 3 is 2.51 bits per heavy atom. The number of allylic oxidation sites excluding steroid dienone is 6. The minimum Gasteiger partial charge on any atom is -0.369 e. The maximum absolute atomic E-state index is 14.8. The maximum Gasteiger partial charge on any atom is 0.182 e. The van der Waals surface area contributed by atoms with Gasteiger partial charge in [0.05, 0.1) is 11.4 Å². The highest BCUT2D eigenvalue weighted by Crippen LogP contribution is 2.37. The quantitative estimate of drug-likeness (QED) is 0.581. The number of pyridine rings is 1. The molecule has 3 heterocycles. The number of hydrogen-bond donors (Lipinski definition) is 1. The smallest absolute Gasteiger partial charge is 0.182 e. The summed E-state index contributed by atoms with van der Waals surface area (Å²) in [6.07, 6.45) is 11.0. The van der Waals surface area contributed by atoms with Crippen molar-refractivity contribution in [2.24, 2.45) is 0 Å². The van der Waals surface area contributed by atoms with Crippen molar-refractivity contribution in [3.63, 3.8) is 0 Å². The van der Waals surface area contributed by atoms with E-state index in [1.807, 2.05) is 17.9 Å². The van der Waals surface area contributed by atoms with E-state index in [-0.39, 0.29) is 0 Å². The molecule has 2 aromatic rings. The summed E-state index contributed by atoms with van der Waals surface area (Å²) in [5.74, 6) is -1.62. The lowest BCUT2D eigenvalue weighted by Crippen LogP contribution is -2.44. The molecule has 0 radical (unpaired) electrons. The zero-order valence-corrected chi connectivity index (χ0v) is 21.7. The highest BCUT2D eigenvalue weighted by Gasteiger charge is 2.23. The van der Waals surface area contributed by atoms with Gasteiger partial charge in [-0.2, -0.15) is 0 Å². The highest BCUT2D eigenvalue weighted by molar-refractivity contribution is 5.88. The standard InChI is InChI=1S/C30H35F2N5/c1-4-5-22(16-21(2)36-14-12-35(3)13-15-36)25-6-7-28-26(25)17-24(20-34-28)23-18-27(31)30(32)29(19-23)37-10-8-33-9-11-37/h4-6,16-20,33H,2,7-15H2,1,3H3/b5-4-,22-16+. The van der Waals surface area contributed by atoms with Gasteiger partial charge in [0.25, 0.3) is 0 Å². The number of rotatable bonds is 6. The molecule has 0 unspecified atom stereocenters. The number of benzene rings is 1. The van der Waals surface area contributed by atoms with Crippen LogP contribution in [-0.2, 0) is 6.42 Å². The number of halogens is 2. The molecule has 1 N–H and O–H groups in total. The zero-order valence-electron chi connectivity index (χ0n) is 21.7. The fourth-order valence-electron chi connectivity index (χ4n) is 5.27. The van der Waals surface area contributed by atoms with Crippen LogP contribution >= 0.6 is 0 Å². The third kappa shape index (κ3) is 5.38. The van der Waals surface area contributed by atoms with Gasteiger partial charge in [0.2, 0.25) is 0 Å². The summed E-state index contributed by atoms with van der Waals surface area (Å²) in [6, 6.07) is 5.09. The van der Waals surface area contributed by atoms with E-state index >= 15 is 0 Å².